The molecule has 0 saturated heterocycles. The Morgan fingerprint density at radius 3 is 2.11 bits per heavy atom. The molecule has 0 unspecified atom stereocenters. The molecule has 0 saturated carbocycles. The second-order valence-corrected chi connectivity index (χ2v) is 11.5. The van der Waals surface area contributed by atoms with Crippen molar-refractivity contribution >= 4 is 33.2 Å². The molecule has 0 aliphatic rings. The molecule has 2 amide bonds. The summed E-state index contributed by atoms with van der Waals surface area (Å²) in [5.74, 6) is 0.759. The number of methoxy groups -OCH3 is 4. The zero-order chi connectivity index (χ0) is 32.4. The first kappa shape index (κ1) is 32.7. The van der Waals surface area contributed by atoms with Crippen LogP contribution in [0.4, 0.5) is 11.4 Å². The van der Waals surface area contributed by atoms with E-state index in [1.54, 1.807) is 68.8 Å². The van der Waals surface area contributed by atoms with E-state index >= 15 is 0 Å². The Labute approximate surface area is 262 Å². The van der Waals surface area contributed by atoms with E-state index in [0.29, 0.717) is 30.2 Å². The summed E-state index contributed by atoms with van der Waals surface area (Å²) in [6.07, 6.45) is 0.524. The number of nitrogens with one attached hydrogen (secondary N) is 2. The molecule has 4 rings (SSSR count). The summed E-state index contributed by atoms with van der Waals surface area (Å²) in [6, 6.07) is 24.4. The molecule has 236 valence electrons. The van der Waals surface area contributed by atoms with Crippen molar-refractivity contribution < 1.29 is 37.0 Å². The fourth-order valence-electron chi connectivity index (χ4n) is 4.57. The minimum absolute atomic E-state index is 0.00933. The van der Waals surface area contributed by atoms with Crippen molar-refractivity contribution in [1.82, 2.24) is 5.32 Å². The number of anilines is 2. The van der Waals surface area contributed by atoms with Gasteiger partial charge in [-0.05, 0) is 60.5 Å². The predicted molar refractivity (Wildman–Crippen MR) is 171 cm³/mol. The number of sulfonamides is 1. The number of carbonyl (C=O) groups excluding carboxylic acids is 2. The third-order valence-electron chi connectivity index (χ3n) is 6.87. The van der Waals surface area contributed by atoms with Gasteiger partial charge in [0.05, 0.1) is 50.3 Å². The molecular formula is C33H35N3O8S. The van der Waals surface area contributed by atoms with Gasteiger partial charge in [0.2, 0.25) is 5.91 Å². The largest absolute Gasteiger partial charge is 0.497 e. The van der Waals surface area contributed by atoms with Gasteiger partial charge < -0.3 is 29.6 Å². The number of amides is 2. The lowest BCUT2D eigenvalue weighted by atomic mass is 10.1. The molecule has 0 spiro atoms. The highest BCUT2D eigenvalue weighted by Gasteiger charge is 2.30. The van der Waals surface area contributed by atoms with Gasteiger partial charge in [-0.3, -0.25) is 13.9 Å². The van der Waals surface area contributed by atoms with Crippen molar-refractivity contribution in [2.45, 2.75) is 11.3 Å². The van der Waals surface area contributed by atoms with E-state index in [0.717, 1.165) is 9.87 Å². The van der Waals surface area contributed by atoms with Crippen LogP contribution in [0.5, 0.6) is 23.0 Å². The van der Waals surface area contributed by atoms with Crippen molar-refractivity contribution in [2.75, 3.05) is 51.2 Å². The molecule has 0 atom stereocenters. The summed E-state index contributed by atoms with van der Waals surface area (Å²) >= 11 is 0. The number of benzene rings is 4. The van der Waals surface area contributed by atoms with Crippen molar-refractivity contribution in [3.05, 3.63) is 102 Å². The van der Waals surface area contributed by atoms with Gasteiger partial charge in [-0.25, -0.2) is 8.42 Å². The Bertz CT molecular complexity index is 1750. The molecule has 0 radical (unpaired) electrons. The predicted octanol–water partition coefficient (Wildman–Crippen LogP) is 4.53. The fourth-order valence-corrected chi connectivity index (χ4v) is 6.02. The van der Waals surface area contributed by atoms with Crippen molar-refractivity contribution in [2.24, 2.45) is 0 Å². The van der Waals surface area contributed by atoms with Crippen LogP contribution < -0.4 is 33.9 Å². The van der Waals surface area contributed by atoms with Gasteiger partial charge in [-0.15, -0.1) is 0 Å². The van der Waals surface area contributed by atoms with Crippen molar-refractivity contribution in [3.63, 3.8) is 0 Å². The molecule has 0 bridgehead atoms. The molecule has 0 aromatic heterocycles. The molecule has 0 heterocycles. The Morgan fingerprint density at radius 2 is 1.42 bits per heavy atom. The highest BCUT2D eigenvalue weighted by atomic mass is 32.2. The Hall–Kier alpha value is -5.23. The maximum absolute atomic E-state index is 13.8. The molecule has 2 N–H and O–H groups in total. The normalized spacial score (nSPS) is 10.8. The standard InChI is InChI=1S/C33H35N3O8S/c1-41-24-15-16-28(30(21-24)43-3)36(45(39,40)25-10-6-5-7-11-25)22-32(37)35-27-13-9-8-12-26(27)33(38)34-19-18-23-14-17-29(42-2)31(20-23)44-4/h5-17,20-21H,18-19,22H2,1-4H3,(H,34,38)(H,35,37). The smallest absolute Gasteiger partial charge is 0.264 e. The number of para-hydroxylation sites is 1. The fraction of sp³-hybridized carbons (Fsp3) is 0.212. The van der Waals surface area contributed by atoms with Gasteiger partial charge in [-0.1, -0.05) is 36.4 Å². The van der Waals surface area contributed by atoms with Gasteiger partial charge in [0.1, 0.15) is 18.0 Å². The molecule has 4 aromatic rings. The Morgan fingerprint density at radius 1 is 0.733 bits per heavy atom. The second kappa shape index (κ2) is 15.0. The van der Waals surface area contributed by atoms with Crippen LogP contribution in [0.1, 0.15) is 15.9 Å². The summed E-state index contributed by atoms with van der Waals surface area (Å²) in [7, 11) is 1.77. The molecule has 0 aliphatic heterocycles. The number of hydrogen-bond donors (Lipinski definition) is 2. The highest BCUT2D eigenvalue weighted by Crippen LogP contribution is 2.35. The van der Waals surface area contributed by atoms with E-state index in [4.69, 9.17) is 18.9 Å². The zero-order valence-corrected chi connectivity index (χ0v) is 26.2. The van der Waals surface area contributed by atoms with Gasteiger partial charge in [0.25, 0.3) is 15.9 Å². The molecule has 0 aliphatic carbocycles. The zero-order valence-electron chi connectivity index (χ0n) is 25.4. The first-order valence-corrected chi connectivity index (χ1v) is 15.3. The number of ether oxygens (including phenoxy) is 4. The molecule has 12 heteroatoms. The van der Waals surface area contributed by atoms with Crippen LogP contribution >= 0.6 is 0 Å². The van der Waals surface area contributed by atoms with Crippen molar-refractivity contribution in [1.29, 1.82) is 0 Å². The van der Waals surface area contributed by atoms with Gasteiger partial charge >= 0.3 is 0 Å². The minimum Gasteiger partial charge on any atom is -0.497 e. The van der Waals surface area contributed by atoms with Gasteiger partial charge in [0.15, 0.2) is 11.5 Å². The Balaban J connectivity index is 1.53. The third kappa shape index (κ3) is 7.84. The average Bonchev–Trinajstić information content (AvgIpc) is 3.07. The lowest BCUT2D eigenvalue weighted by Crippen LogP contribution is -2.38. The summed E-state index contributed by atoms with van der Waals surface area (Å²) in [5.41, 5.74) is 1.52. The average molecular weight is 634 g/mol. The van der Waals surface area contributed by atoms with Crippen LogP contribution in [0.25, 0.3) is 0 Å². The van der Waals surface area contributed by atoms with Crippen LogP contribution in [0.2, 0.25) is 0 Å². The molecule has 0 fully saturated rings. The van der Waals surface area contributed by atoms with E-state index in [2.05, 4.69) is 10.6 Å². The first-order valence-electron chi connectivity index (χ1n) is 13.9. The number of nitrogens with zero attached hydrogens (tertiary/aromatic N) is 1. The Kier molecular flexibility index (Phi) is 10.9. The topological polar surface area (TPSA) is 132 Å². The summed E-state index contributed by atoms with van der Waals surface area (Å²) < 4.78 is 49.9. The van der Waals surface area contributed by atoms with E-state index in [-0.39, 0.29) is 27.6 Å². The van der Waals surface area contributed by atoms with Gasteiger partial charge in [-0.2, -0.15) is 0 Å². The van der Waals surface area contributed by atoms with Crippen LogP contribution in [0.15, 0.2) is 95.9 Å². The molecule has 4 aromatic carbocycles. The van der Waals surface area contributed by atoms with E-state index in [1.807, 2.05) is 12.1 Å². The highest BCUT2D eigenvalue weighted by molar-refractivity contribution is 7.92. The van der Waals surface area contributed by atoms with Crippen LogP contribution in [0.3, 0.4) is 0 Å². The molecule has 11 nitrogen and oxygen atoms in total. The second-order valence-electron chi connectivity index (χ2n) is 9.65. The summed E-state index contributed by atoms with van der Waals surface area (Å²) in [4.78, 5) is 26.6. The molecular weight excluding hydrogens is 598 g/mol. The lowest BCUT2D eigenvalue weighted by molar-refractivity contribution is -0.114. The lowest BCUT2D eigenvalue weighted by Gasteiger charge is -2.26. The van der Waals surface area contributed by atoms with Gasteiger partial charge in [0, 0.05) is 12.6 Å². The monoisotopic (exact) mass is 633 g/mol. The maximum Gasteiger partial charge on any atom is 0.264 e. The first-order chi connectivity index (χ1) is 21.7. The molecule has 45 heavy (non-hydrogen) atoms. The SMILES string of the molecule is COc1ccc(N(CC(=O)Nc2ccccc2C(=O)NCCc2ccc(OC)c(OC)c2)S(=O)(=O)c2ccccc2)c(OC)c1. The number of carbonyl (C=O) groups is 2. The summed E-state index contributed by atoms with van der Waals surface area (Å²) in [5, 5.41) is 5.58. The van der Waals surface area contributed by atoms with Crippen LogP contribution in [-0.2, 0) is 21.2 Å². The quantitative estimate of drug-likeness (QED) is 0.207. The summed E-state index contributed by atoms with van der Waals surface area (Å²) in [6.45, 7) is -0.286. The number of hydrogen-bond acceptors (Lipinski definition) is 8. The number of rotatable bonds is 14. The van der Waals surface area contributed by atoms with E-state index in [9.17, 15) is 18.0 Å². The van der Waals surface area contributed by atoms with E-state index < -0.39 is 28.4 Å². The van der Waals surface area contributed by atoms with E-state index in [1.165, 1.54) is 38.5 Å². The third-order valence-corrected chi connectivity index (χ3v) is 8.64. The maximum atomic E-state index is 13.8. The minimum atomic E-state index is -4.21. The van der Waals surface area contributed by atoms with Crippen LogP contribution in [-0.4, -0.2) is 61.8 Å². The van der Waals surface area contributed by atoms with Crippen molar-refractivity contribution in [3.8, 4) is 23.0 Å². The van der Waals surface area contributed by atoms with Crippen LogP contribution in [0, 0.1) is 0 Å².